The van der Waals surface area contributed by atoms with E-state index in [9.17, 15) is 4.79 Å². The molecule has 110 valence electrons. The SMILES string of the molecule is Cc1cccc(N=C2NC(=O)/C(=C/c3ccccc3I)S2)c1. The molecule has 1 saturated heterocycles. The normalized spacial score (nSPS) is 18.0. The van der Waals surface area contributed by atoms with Gasteiger partial charge in [-0.05, 0) is 76.7 Å². The number of amidine groups is 1. The number of hydrogen-bond acceptors (Lipinski definition) is 3. The van der Waals surface area contributed by atoms with Crippen LogP contribution < -0.4 is 5.32 Å². The van der Waals surface area contributed by atoms with Crippen LogP contribution in [0.5, 0.6) is 0 Å². The first-order valence-corrected chi connectivity index (χ1v) is 8.62. The molecule has 2 aromatic carbocycles. The van der Waals surface area contributed by atoms with E-state index in [0.29, 0.717) is 10.1 Å². The van der Waals surface area contributed by atoms with Gasteiger partial charge in [-0.2, -0.15) is 0 Å². The van der Waals surface area contributed by atoms with Crippen LogP contribution in [0, 0.1) is 10.5 Å². The van der Waals surface area contributed by atoms with Gasteiger partial charge in [-0.3, -0.25) is 4.79 Å². The third-order valence-electron chi connectivity index (χ3n) is 3.08. The molecule has 1 fully saturated rings. The number of carbonyl (C=O) groups excluding carboxylic acids is 1. The van der Waals surface area contributed by atoms with Crippen LogP contribution in [0.25, 0.3) is 6.08 Å². The summed E-state index contributed by atoms with van der Waals surface area (Å²) in [6, 6.07) is 15.9. The van der Waals surface area contributed by atoms with Crippen LogP contribution in [0.1, 0.15) is 11.1 Å². The third kappa shape index (κ3) is 3.59. The lowest BCUT2D eigenvalue weighted by Crippen LogP contribution is -2.19. The van der Waals surface area contributed by atoms with Gasteiger partial charge in [0.25, 0.3) is 5.91 Å². The molecule has 3 nitrogen and oxygen atoms in total. The molecule has 0 bridgehead atoms. The summed E-state index contributed by atoms with van der Waals surface area (Å²) < 4.78 is 1.12. The zero-order chi connectivity index (χ0) is 15.5. The van der Waals surface area contributed by atoms with Gasteiger partial charge in [-0.1, -0.05) is 30.3 Å². The maximum absolute atomic E-state index is 12.1. The predicted octanol–water partition coefficient (Wildman–Crippen LogP) is 4.49. The smallest absolute Gasteiger partial charge is 0.264 e. The minimum Gasteiger partial charge on any atom is -0.300 e. The molecule has 0 atom stereocenters. The molecule has 22 heavy (non-hydrogen) atoms. The first-order chi connectivity index (χ1) is 10.6. The Hall–Kier alpha value is -1.60. The second-order valence-corrected chi connectivity index (χ2v) is 7.04. The Morgan fingerprint density at radius 3 is 2.77 bits per heavy atom. The molecule has 0 spiro atoms. The number of thioether (sulfide) groups is 1. The molecule has 0 aromatic heterocycles. The Morgan fingerprint density at radius 1 is 1.18 bits per heavy atom. The topological polar surface area (TPSA) is 41.5 Å². The summed E-state index contributed by atoms with van der Waals surface area (Å²) in [6.07, 6.45) is 1.90. The Balaban J connectivity index is 1.86. The predicted molar refractivity (Wildman–Crippen MR) is 101 cm³/mol. The van der Waals surface area contributed by atoms with Crippen molar-refractivity contribution in [2.45, 2.75) is 6.92 Å². The average molecular weight is 420 g/mol. The molecule has 3 rings (SSSR count). The zero-order valence-electron chi connectivity index (χ0n) is 11.8. The van der Waals surface area contributed by atoms with E-state index < -0.39 is 0 Å². The molecule has 1 aliphatic heterocycles. The van der Waals surface area contributed by atoms with Crippen LogP contribution in [0.3, 0.4) is 0 Å². The van der Waals surface area contributed by atoms with Gasteiger partial charge in [-0.15, -0.1) is 0 Å². The van der Waals surface area contributed by atoms with E-state index in [1.807, 2.05) is 61.5 Å². The summed E-state index contributed by atoms with van der Waals surface area (Å²) in [6.45, 7) is 2.02. The van der Waals surface area contributed by atoms with Crippen molar-refractivity contribution >= 4 is 57.2 Å². The highest BCUT2D eigenvalue weighted by atomic mass is 127. The standard InChI is InChI=1S/C17H13IN2OS/c1-11-5-4-7-13(9-11)19-17-20-16(21)15(22-17)10-12-6-2-3-8-14(12)18/h2-10H,1H3,(H,19,20,21)/b15-10-. The van der Waals surface area contributed by atoms with Gasteiger partial charge >= 0.3 is 0 Å². The Bertz CT molecular complexity index is 799. The number of hydrogen-bond donors (Lipinski definition) is 1. The Labute approximate surface area is 147 Å². The van der Waals surface area contributed by atoms with Crippen molar-refractivity contribution in [2.24, 2.45) is 4.99 Å². The molecule has 1 amide bonds. The number of nitrogens with one attached hydrogen (secondary N) is 1. The summed E-state index contributed by atoms with van der Waals surface area (Å²) >= 11 is 3.64. The monoisotopic (exact) mass is 420 g/mol. The van der Waals surface area contributed by atoms with Crippen molar-refractivity contribution in [3.63, 3.8) is 0 Å². The summed E-state index contributed by atoms with van der Waals surface area (Å²) in [7, 11) is 0. The molecule has 2 aromatic rings. The third-order valence-corrected chi connectivity index (χ3v) is 4.97. The minimum atomic E-state index is -0.101. The number of nitrogens with zero attached hydrogens (tertiary/aromatic N) is 1. The number of carbonyl (C=O) groups is 1. The molecule has 1 aliphatic rings. The molecule has 5 heteroatoms. The molecule has 0 saturated carbocycles. The van der Waals surface area contributed by atoms with E-state index in [2.05, 4.69) is 32.9 Å². The maximum Gasteiger partial charge on any atom is 0.264 e. The van der Waals surface area contributed by atoms with Gasteiger partial charge in [0.1, 0.15) is 0 Å². The van der Waals surface area contributed by atoms with Crippen molar-refractivity contribution < 1.29 is 4.79 Å². The van der Waals surface area contributed by atoms with Crippen molar-refractivity contribution in [3.8, 4) is 0 Å². The van der Waals surface area contributed by atoms with E-state index in [4.69, 9.17) is 0 Å². The highest BCUT2D eigenvalue weighted by molar-refractivity contribution is 14.1. The van der Waals surface area contributed by atoms with Crippen molar-refractivity contribution in [1.82, 2.24) is 5.32 Å². The first kappa shape index (κ1) is 15.3. The molecule has 1 N–H and O–H groups in total. The van der Waals surface area contributed by atoms with Crippen molar-refractivity contribution in [1.29, 1.82) is 0 Å². The highest BCUT2D eigenvalue weighted by Crippen LogP contribution is 2.29. The van der Waals surface area contributed by atoms with E-state index >= 15 is 0 Å². The van der Waals surface area contributed by atoms with Crippen LogP contribution in [0.15, 0.2) is 58.4 Å². The quantitative estimate of drug-likeness (QED) is 0.575. The summed E-state index contributed by atoms with van der Waals surface area (Å²) in [4.78, 5) is 17.2. The van der Waals surface area contributed by atoms with Crippen molar-refractivity contribution in [3.05, 3.63) is 68.1 Å². The molecule has 0 radical (unpaired) electrons. The van der Waals surface area contributed by atoms with E-state index in [-0.39, 0.29) is 5.91 Å². The second kappa shape index (κ2) is 6.66. The van der Waals surface area contributed by atoms with Crippen LogP contribution in [0.2, 0.25) is 0 Å². The van der Waals surface area contributed by atoms with Crippen LogP contribution in [0.4, 0.5) is 5.69 Å². The van der Waals surface area contributed by atoms with Crippen LogP contribution >= 0.6 is 34.4 Å². The summed E-state index contributed by atoms with van der Waals surface area (Å²) in [5.74, 6) is -0.101. The Morgan fingerprint density at radius 2 is 2.00 bits per heavy atom. The van der Waals surface area contributed by atoms with Gasteiger partial charge in [0.2, 0.25) is 0 Å². The number of aliphatic imine (C=N–C) groups is 1. The fourth-order valence-corrected chi connectivity index (χ4v) is 3.40. The molecule has 0 unspecified atom stereocenters. The number of halogens is 1. The number of aryl methyl sites for hydroxylation is 1. The fourth-order valence-electron chi connectivity index (χ4n) is 2.03. The lowest BCUT2D eigenvalue weighted by Gasteiger charge is -1.98. The number of benzene rings is 2. The van der Waals surface area contributed by atoms with E-state index in [1.54, 1.807) is 0 Å². The molecule has 0 aliphatic carbocycles. The number of rotatable bonds is 2. The summed E-state index contributed by atoms with van der Waals surface area (Å²) in [5, 5.41) is 3.43. The van der Waals surface area contributed by atoms with Gasteiger partial charge in [0.05, 0.1) is 10.6 Å². The lowest BCUT2D eigenvalue weighted by molar-refractivity contribution is -0.115. The zero-order valence-corrected chi connectivity index (χ0v) is 14.8. The minimum absolute atomic E-state index is 0.101. The largest absolute Gasteiger partial charge is 0.300 e. The first-order valence-electron chi connectivity index (χ1n) is 6.72. The van der Waals surface area contributed by atoms with Crippen LogP contribution in [-0.2, 0) is 4.79 Å². The molecular weight excluding hydrogens is 407 g/mol. The Kier molecular flexibility index (Phi) is 4.63. The highest BCUT2D eigenvalue weighted by Gasteiger charge is 2.23. The average Bonchev–Trinajstić information content (AvgIpc) is 2.81. The van der Waals surface area contributed by atoms with Crippen molar-refractivity contribution in [2.75, 3.05) is 0 Å². The maximum atomic E-state index is 12.1. The summed E-state index contributed by atoms with van der Waals surface area (Å²) in [5.41, 5.74) is 3.03. The number of amides is 1. The lowest BCUT2D eigenvalue weighted by atomic mass is 10.2. The van der Waals surface area contributed by atoms with Gasteiger partial charge in [-0.25, -0.2) is 4.99 Å². The molecule has 1 heterocycles. The van der Waals surface area contributed by atoms with Crippen LogP contribution in [-0.4, -0.2) is 11.1 Å². The van der Waals surface area contributed by atoms with E-state index in [0.717, 1.165) is 20.4 Å². The van der Waals surface area contributed by atoms with Gasteiger partial charge < -0.3 is 5.32 Å². The fraction of sp³-hybridized carbons (Fsp3) is 0.0588. The second-order valence-electron chi connectivity index (χ2n) is 4.84. The van der Waals surface area contributed by atoms with E-state index in [1.165, 1.54) is 11.8 Å². The van der Waals surface area contributed by atoms with Gasteiger partial charge in [0.15, 0.2) is 5.17 Å². The van der Waals surface area contributed by atoms with Gasteiger partial charge in [0, 0.05) is 3.57 Å². The molecular formula is C17H13IN2OS.